The number of carboxylic acid groups (broad SMARTS) is 1. The molecule has 2 rings (SSSR count). The smallest absolute Gasteiger partial charge is 0.356 e. The maximum Gasteiger partial charge on any atom is 0.356 e. The largest absolute Gasteiger partial charge is 0.476 e. The summed E-state index contributed by atoms with van der Waals surface area (Å²) in [6.45, 7) is 2.60. The van der Waals surface area contributed by atoms with E-state index in [2.05, 4.69) is 15.2 Å². The van der Waals surface area contributed by atoms with Gasteiger partial charge in [0.15, 0.2) is 5.69 Å². The molecule has 0 aliphatic carbocycles. The molecular formula is C10H11N5O3. The number of hydrogen-bond acceptors (Lipinski definition) is 5. The van der Waals surface area contributed by atoms with Crippen LogP contribution in [0.3, 0.4) is 0 Å². The summed E-state index contributed by atoms with van der Waals surface area (Å²) < 4.78 is 2.67. The Balaban J connectivity index is 2.37. The molecule has 0 atom stereocenters. The van der Waals surface area contributed by atoms with E-state index in [1.807, 2.05) is 6.92 Å². The molecular weight excluding hydrogens is 238 g/mol. The summed E-state index contributed by atoms with van der Waals surface area (Å²) in [7, 11) is 0. The van der Waals surface area contributed by atoms with Gasteiger partial charge in [-0.25, -0.2) is 19.1 Å². The standard InChI is InChI=1S/C10H11N5O3/c1-2-14-8(11-6-12-14)5-15-9(16)4-3-7(13-15)10(17)18/h3-4,6H,2,5H2,1H3,(H,17,18). The first-order valence-corrected chi connectivity index (χ1v) is 5.30. The summed E-state index contributed by atoms with van der Waals surface area (Å²) in [5.41, 5.74) is -0.567. The Hall–Kier alpha value is -2.51. The molecule has 2 aromatic heterocycles. The molecule has 0 unspecified atom stereocenters. The van der Waals surface area contributed by atoms with Crippen molar-refractivity contribution in [1.82, 2.24) is 24.5 Å². The lowest BCUT2D eigenvalue weighted by molar-refractivity contribution is 0.0687. The third kappa shape index (κ3) is 2.26. The van der Waals surface area contributed by atoms with Gasteiger partial charge in [-0.05, 0) is 13.0 Å². The van der Waals surface area contributed by atoms with Crippen molar-refractivity contribution in [3.05, 3.63) is 40.3 Å². The highest BCUT2D eigenvalue weighted by molar-refractivity contribution is 5.84. The molecule has 0 amide bonds. The highest BCUT2D eigenvalue weighted by atomic mass is 16.4. The maximum atomic E-state index is 11.6. The summed E-state index contributed by atoms with van der Waals surface area (Å²) in [5.74, 6) is -0.629. The van der Waals surface area contributed by atoms with Gasteiger partial charge >= 0.3 is 5.97 Å². The van der Waals surface area contributed by atoms with Crippen LogP contribution in [0.4, 0.5) is 0 Å². The Morgan fingerprint density at radius 2 is 2.17 bits per heavy atom. The van der Waals surface area contributed by atoms with Gasteiger partial charge in [-0.3, -0.25) is 4.79 Å². The second-order valence-corrected chi connectivity index (χ2v) is 3.51. The molecule has 2 aromatic rings. The average molecular weight is 249 g/mol. The van der Waals surface area contributed by atoms with Crippen LogP contribution in [0.25, 0.3) is 0 Å². The van der Waals surface area contributed by atoms with Crippen LogP contribution in [-0.2, 0) is 13.1 Å². The fourth-order valence-corrected chi connectivity index (χ4v) is 1.48. The molecule has 0 bridgehead atoms. The Bertz CT molecular complexity index is 630. The normalized spacial score (nSPS) is 10.5. The van der Waals surface area contributed by atoms with E-state index in [0.717, 1.165) is 4.68 Å². The van der Waals surface area contributed by atoms with E-state index >= 15 is 0 Å². The van der Waals surface area contributed by atoms with Gasteiger partial charge in [0.25, 0.3) is 5.56 Å². The molecule has 8 heteroatoms. The summed E-state index contributed by atoms with van der Waals surface area (Å²) in [4.78, 5) is 26.4. The third-order valence-electron chi connectivity index (χ3n) is 2.37. The van der Waals surface area contributed by atoms with Gasteiger partial charge in [-0.2, -0.15) is 10.2 Å². The molecule has 2 heterocycles. The van der Waals surface area contributed by atoms with Crippen molar-refractivity contribution in [2.45, 2.75) is 20.0 Å². The number of nitrogens with zero attached hydrogens (tertiary/aromatic N) is 5. The first-order valence-electron chi connectivity index (χ1n) is 5.30. The topological polar surface area (TPSA) is 103 Å². The van der Waals surface area contributed by atoms with Gasteiger partial charge in [0.1, 0.15) is 18.7 Å². The van der Waals surface area contributed by atoms with Crippen LogP contribution < -0.4 is 5.56 Å². The number of hydrogen-bond donors (Lipinski definition) is 1. The Kier molecular flexibility index (Phi) is 3.18. The molecule has 0 fully saturated rings. The van der Waals surface area contributed by atoms with Crippen LogP contribution in [0.5, 0.6) is 0 Å². The van der Waals surface area contributed by atoms with Gasteiger partial charge in [-0.15, -0.1) is 0 Å². The molecule has 0 aliphatic rings. The quantitative estimate of drug-likeness (QED) is 0.790. The van der Waals surface area contributed by atoms with Crippen LogP contribution in [-0.4, -0.2) is 35.6 Å². The molecule has 18 heavy (non-hydrogen) atoms. The monoisotopic (exact) mass is 249 g/mol. The van der Waals surface area contributed by atoms with Crippen LogP contribution in [0.1, 0.15) is 23.2 Å². The first-order chi connectivity index (χ1) is 8.61. The van der Waals surface area contributed by atoms with E-state index in [1.54, 1.807) is 4.68 Å². The van der Waals surface area contributed by atoms with E-state index in [9.17, 15) is 9.59 Å². The summed E-state index contributed by atoms with van der Waals surface area (Å²) in [6, 6.07) is 2.34. The number of carboxylic acids is 1. The number of rotatable bonds is 4. The predicted molar refractivity (Wildman–Crippen MR) is 60.3 cm³/mol. The molecule has 0 aliphatic heterocycles. The van der Waals surface area contributed by atoms with Crippen molar-refractivity contribution in [1.29, 1.82) is 0 Å². The molecule has 1 N–H and O–H groups in total. The number of aryl methyl sites for hydroxylation is 1. The van der Waals surface area contributed by atoms with Crippen molar-refractivity contribution in [2.75, 3.05) is 0 Å². The average Bonchev–Trinajstić information content (AvgIpc) is 2.79. The van der Waals surface area contributed by atoms with Crippen molar-refractivity contribution < 1.29 is 9.90 Å². The van der Waals surface area contributed by atoms with Crippen molar-refractivity contribution in [3.8, 4) is 0 Å². The molecule has 0 saturated carbocycles. The van der Waals surface area contributed by atoms with Crippen LogP contribution in [0.2, 0.25) is 0 Å². The van der Waals surface area contributed by atoms with E-state index in [4.69, 9.17) is 5.11 Å². The zero-order valence-corrected chi connectivity index (χ0v) is 9.65. The molecule has 0 aromatic carbocycles. The molecule has 0 saturated heterocycles. The Morgan fingerprint density at radius 1 is 1.39 bits per heavy atom. The fraction of sp³-hybridized carbons (Fsp3) is 0.300. The SMILES string of the molecule is CCn1ncnc1Cn1nc(C(=O)O)ccc1=O. The van der Waals surface area contributed by atoms with Crippen molar-refractivity contribution >= 4 is 5.97 Å². The van der Waals surface area contributed by atoms with Gasteiger partial charge in [-0.1, -0.05) is 0 Å². The summed E-state index contributed by atoms with van der Waals surface area (Å²) in [5, 5.41) is 16.5. The van der Waals surface area contributed by atoms with E-state index in [-0.39, 0.29) is 17.8 Å². The van der Waals surface area contributed by atoms with Gasteiger partial charge in [0.05, 0.1) is 0 Å². The Morgan fingerprint density at radius 3 is 2.83 bits per heavy atom. The highest BCUT2D eigenvalue weighted by Crippen LogP contribution is 1.97. The third-order valence-corrected chi connectivity index (χ3v) is 2.37. The van der Waals surface area contributed by atoms with Gasteiger partial charge in [0.2, 0.25) is 0 Å². The van der Waals surface area contributed by atoms with E-state index in [0.29, 0.717) is 12.4 Å². The lowest BCUT2D eigenvalue weighted by Gasteiger charge is -2.05. The summed E-state index contributed by atoms with van der Waals surface area (Å²) in [6.07, 6.45) is 1.38. The minimum atomic E-state index is -1.18. The zero-order chi connectivity index (χ0) is 13.1. The van der Waals surface area contributed by atoms with E-state index < -0.39 is 5.97 Å². The van der Waals surface area contributed by atoms with Crippen LogP contribution in [0, 0.1) is 0 Å². The Labute approximate surface area is 102 Å². The minimum Gasteiger partial charge on any atom is -0.476 e. The molecule has 94 valence electrons. The predicted octanol–water partition coefficient (Wildman–Crippen LogP) is -0.399. The van der Waals surface area contributed by atoms with Crippen molar-refractivity contribution in [3.63, 3.8) is 0 Å². The molecule has 8 nitrogen and oxygen atoms in total. The maximum absolute atomic E-state index is 11.6. The molecule has 0 radical (unpaired) electrons. The van der Waals surface area contributed by atoms with Crippen LogP contribution >= 0.6 is 0 Å². The molecule has 0 spiro atoms. The number of carbonyl (C=O) groups is 1. The lowest BCUT2D eigenvalue weighted by atomic mass is 10.4. The highest BCUT2D eigenvalue weighted by Gasteiger charge is 2.10. The zero-order valence-electron chi connectivity index (χ0n) is 9.65. The second-order valence-electron chi connectivity index (χ2n) is 3.51. The van der Waals surface area contributed by atoms with Crippen LogP contribution in [0.15, 0.2) is 23.3 Å². The first kappa shape index (κ1) is 12.0. The lowest BCUT2D eigenvalue weighted by Crippen LogP contribution is -2.26. The minimum absolute atomic E-state index is 0.0911. The fourth-order valence-electron chi connectivity index (χ4n) is 1.48. The second kappa shape index (κ2) is 4.78. The van der Waals surface area contributed by atoms with E-state index in [1.165, 1.54) is 18.5 Å². The van der Waals surface area contributed by atoms with Crippen molar-refractivity contribution in [2.24, 2.45) is 0 Å². The number of aromatic nitrogens is 5. The number of aromatic carboxylic acids is 1. The van der Waals surface area contributed by atoms with Gasteiger partial charge < -0.3 is 5.11 Å². The summed E-state index contributed by atoms with van der Waals surface area (Å²) >= 11 is 0. The van der Waals surface area contributed by atoms with Gasteiger partial charge in [0, 0.05) is 12.6 Å².